The van der Waals surface area contributed by atoms with Gasteiger partial charge in [-0.25, -0.2) is 4.79 Å². The molecule has 1 N–H and O–H groups in total. The van der Waals surface area contributed by atoms with Crippen LogP contribution in [0.4, 0.5) is 13.2 Å². The molecule has 2 aliphatic carbocycles. The Kier molecular flexibility index (Phi) is 3.18. The molecule has 2 aromatic rings. The first kappa shape index (κ1) is 15.4. The first-order chi connectivity index (χ1) is 11.3. The number of hydrogen-bond acceptors (Lipinski definition) is 2. The van der Waals surface area contributed by atoms with Crippen LogP contribution in [0.5, 0.6) is 0 Å². The van der Waals surface area contributed by atoms with Crippen molar-refractivity contribution in [2.24, 2.45) is 11.3 Å². The van der Waals surface area contributed by atoms with Crippen molar-refractivity contribution < 1.29 is 23.1 Å². The minimum absolute atomic E-state index is 0.158. The highest BCUT2D eigenvalue weighted by atomic mass is 19.4. The van der Waals surface area contributed by atoms with E-state index in [0.29, 0.717) is 30.2 Å². The molecule has 1 atom stereocenters. The van der Waals surface area contributed by atoms with E-state index in [1.807, 2.05) is 6.07 Å². The van der Waals surface area contributed by atoms with Gasteiger partial charge in [0.15, 0.2) is 0 Å². The van der Waals surface area contributed by atoms with E-state index in [1.165, 1.54) is 12.1 Å². The van der Waals surface area contributed by atoms with Gasteiger partial charge < -0.3 is 5.11 Å². The zero-order valence-corrected chi connectivity index (χ0v) is 12.9. The Morgan fingerprint density at radius 3 is 2.62 bits per heavy atom. The van der Waals surface area contributed by atoms with Crippen molar-refractivity contribution in [2.45, 2.75) is 38.3 Å². The van der Waals surface area contributed by atoms with Crippen LogP contribution in [0.25, 0.3) is 10.9 Å². The van der Waals surface area contributed by atoms with Crippen molar-refractivity contribution in [3.63, 3.8) is 0 Å². The van der Waals surface area contributed by atoms with E-state index >= 15 is 0 Å². The van der Waals surface area contributed by atoms with Crippen molar-refractivity contribution in [2.75, 3.05) is 0 Å². The SMILES string of the molecule is O=C(O)c1ccc2nc3c(cc2c1)C[C@@H](C1(C(F)(F)F)CC1)CC3. The molecule has 0 saturated heterocycles. The average molecular weight is 335 g/mol. The Morgan fingerprint density at radius 2 is 2.00 bits per heavy atom. The number of alkyl halides is 3. The second kappa shape index (κ2) is 4.94. The molecule has 1 saturated carbocycles. The third kappa shape index (κ3) is 2.27. The van der Waals surface area contributed by atoms with E-state index in [9.17, 15) is 18.0 Å². The lowest BCUT2D eigenvalue weighted by molar-refractivity contribution is -0.204. The number of rotatable bonds is 2. The number of pyridine rings is 1. The minimum Gasteiger partial charge on any atom is -0.478 e. The van der Waals surface area contributed by atoms with Crippen LogP contribution in [-0.4, -0.2) is 22.2 Å². The van der Waals surface area contributed by atoms with E-state index < -0.39 is 23.5 Å². The van der Waals surface area contributed by atoms with E-state index in [4.69, 9.17) is 5.11 Å². The van der Waals surface area contributed by atoms with E-state index in [-0.39, 0.29) is 18.4 Å². The van der Waals surface area contributed by atoms with Gasteiger partial charge in [-0.1, -0.05) is 0 Å². The fourth-order valence-corrected chi connectivity index (χ4v) is 3.99. The fraction of sp³-hybridized carbons (Fsp3) is 0.444. The van der Waals surface area contributed by atoms with Crippen molar-refractivity contribution in [1.29, 1.82) is 0 Å². The van der Waals surface area contributed by atoms with E-state index in [2.05, 4.69) is 4.98 Å². The smallest absolute Gasteiger partial charge is 0.394 e. The summed E-state index contributed by atoms with van der Waals surface area (Å²) in [5, 5.41) is 9.76. The summed E-state index contributed by atoms with van der Waals surface area (Å²) >= 11 is 0. The molecule has 0 bridgehead atoms. The van der Waals surface area contributed by atoms with Crippen molar-refractivity contribution in [3.05, 3.63) is 41.1 Å². The van der Waals surface area contributed by atoms with Gasteiger partial charge in [0.2, 0.25) is 0 Å². The topological polar surface area (TPSA) is 50.2 Å². The van der Waals surface area contributed by atoms with Gasteiger partial charge in [0, 0.05) is 11.1 Å². The summed E-state index contributed by atoms with van der Waals surface area (Å²) in [6.07, 6.45) is -2.26. The zero-order valence-electron chi connectivity index (χ0n) is 12.9. The number of aryl methyl sites for hydroxylation is 1. The van der Waals surface area contributed by atoms with Gasteiger partial charge >= 0.3 is 12.1 Å². The Hall–Kier alpha value is -2.11. The number of aromatic carboxylic acids is 1. The third-order valence-electron chi connectivity index (χ3n) is 5.56. The molecule has 24 heavy (non-hydrogen) atoms. The maximum absolute atomic E-state index is 13.4. The van der Waals surface area contributed by atoms with Crippen LogP contribution in [0.2, 0.25) is 0 Å². The maximum Gasteiger partial charge on any atom is 0.394 e. The molecule has 4 rings (SSSR count). The number of halogens is 3. The lowest BCUT2D eigenvalue weighted by atomic mass is 9.76. The predicted molar refractivity (Wildman–Crippen MR) is 81.9 cm³/mol. The molecule has 1 aromatic heterocycles. The molecule has 3 nitrogen and oxygen atoms in total. The molecule has 0 amide bonds. The summed E-state index contributed by atoms with van der Waals surface area (Å²) in [7, 11) is 0. The number of benzene rings is 1. The molecule has 0 unspecified atom stereocenters. The first-order valence-corrected chi connectivity index (χ1v) is 8.03. The van der Waals surface area contributed by atoms with Gasteiger partial charge in [0.25, 0.3) is 0 Å². The molecule has 0 spiro atoms. The second-order valence-corrected chi connectivity index (χ2v) is 6.90. The van der Waals surface area contributed by atoms with E-state index in [0.717, 1.165) is 11.3 Å². The molecule has 2 aliphatic rings. The quantitative estimate of drug-likeness (QED) is 0.886. The average Bonchev–Trinajstić information content (AvgIpc) is 3.33. The van der Waals surface area contributed by atoms with Crippen LogP contribution >= 0.6 is 0 Å². The van der Waals surface area contributed by atoms with Gasteiger partial charge in [-0.15, -0.1) is 0 Å². The Labute approximate surface area is 136 Å². The fourth-order valence-electron chi connectivity index (χ4n) is 3.99. The van der Waals surface area contributed by atoms with Crippen LogP contribution < -0.4 is 0 Å². The molecular weight excluding hydrogens is 319 g/mol. The standard InChI is InChI=1S/C18H16F3NO2/c19-18(20,21)17(5-6-17)13-2-4-15-12(9-13)8-11-7-10(16(23)24)1-3-14(11)22-15/h1,3,7-8,13H,2,4-6,9H2,(H,23,24)/t13-/m0/s1. The highest BCUT2D eigenvalue weighted by Crippen LogP contribution is 2.64. The number of nitrogens with zero attached hydrogens (tertiary/aromatic N) is 1. The Balaban J connectivity index is 1.71. The summed E-state index contributed by atoms with van der Waals surface area (Å²) in [4.78, 5) is 15.6. The molecule has 1 heterocycles. The summed E-state index contributed by atoms with van der Waals surface area (Å²) < 4.78 is 40.1. The summed E-state index contributed by atoms with van der Waals surface area (Å²) in [5.74, 6) is -1.42. The number of aromatic nitrogens is 1. The second-order valence-electron chi connectivity index (χ2n) is 6.90. The van der Waals surface area contributed by atoms with Gasteiger partial charge in [0.1, 0.15) is 0 Å². The highest BCUT2D eigenvalue weighted by Gasteiger charge is 2.66. The normalized spacial score (nSPS) is 22.2. The van der Waals surface area contributed by atoms with Crippen molar-refractivity contribution in [1.82, 2.24) is 4.98 Å². The molecule has 0 radical (unpaired) electrons. The molecule has 126 valence electrons. The minimum atomic E-state index is -4.14. The Morgan fingerprint density at radius 1 is 1.25 bits per heavy atom. The maximum atomic E-state index is 13.4. The summed E-state index contributed by atoms with van der Waals surface area (Å²) in [6.45, 7) is 0. The monoisotopic (exact) mass is 335 g/mol. The van der Waals surface area contributed by atoms with Crippen LogP contribution in [0, 0.1) is 11.3 Å². The summed E-state index contributed by atoms with van der Waals surface area (Å²) in [6, 6.07) is 6.51. The number of hydrogen-bond donors (Lipinski definition) is 1. The molecular formula is C18H16F3NO2. The lowest BCUT2D eigenvalue weighted by Crippen LogP contribution is -2.35. The molecule has 1 aromatic carbocycles. The summed E-state index contributed by atoms with van der Waals surface area (Å²) in [5.41, 5.74) is 1.01. The number of carboxylic acids is 1. The predicted octanol–water partition coefficient (Wildman–Crippen LogP) is 4.38. The third-order valence-corrected chi connectivity index (χ3v) is 5.56. The lowest BCUT2D eigenvalue weighted by Gasteiger charge is -2.33. The van der Waals surface area contributed by atoms with Crippen LogP contribution in [0.1, 0.15) is 40.9 Å². The first-order valence-electron chi connectivity index (χ1n) is 8.03. The zero-order chi connectivity index (χ0) is 17.1. The van der Waals surface area contributed by atoms with Crippen LogP contribution in [-0.2, 0) is 12.8 Å². The van der Waals surface area contributed by atoms with Gasteiger partial charge in [-0.3, -0.25) is 4.98 Å². The number of carbonyl (C=O) groups is 1. The Bertz CT molecular complexity index is 840. The number of fused-ring (bicyclic) bond motifs is 2. The molecule has 0 aliphatic heterocycles. The highest BCUT2D eigenvalue weighted by molar-refractivity contribution is 5.93. The molecule has 6 heteroatoms. The molecule has 1 fully saturated rings. The number of carboxylic acid groups (broad SMARTS) is 1. The van der Waals surface area contributed by atoms with Crippen molar-refractivity contribution in [3.8, 4) is 0 Å². The van der Waals surface area contributed by atoms with Crippen LogP contribution in [0.3, 0.4) is 0 Å². The van der Waals surface area contributed by atoms with Gasteiger partial charge in [-0.05, 0) is 67.9 Å². The largest absolute Gasteiger partial charge is 0.478 e. The van der Waals surface area contributed by atoms with Crippen molar-refractivity contribution >= 4 is 16.9 Å². The van der Waals surface area contributed by atoms with Gasteiger partial charge in [-0.2, -0.15) is 13.2 Å². The van der Waals surface area contributed by atoms with Crippen LogP contribution in [0.15, 0.2) is 24.3 Å². The van der Waals surface area contributed by atoms with Gasteiger partial charge in [0.05, 0.1) is 16.5 Å². The van der Waals surface area contributed by atoms with E-state index in [1.54, 1.807) is 6.07 Å².